The van der Waals surface area contributed by atoms with Crippen molar-refractivity contribution in [3.05, 3.63) is 42.2 Å². The molecular formula is C15H16N2O2. The predicted molar refractivity (Wildman–Crippen MR) is 71.8 cm³/mol. The van der Waals surface area contributed by atoms with Gasteiger partial charge in [0.2, 0.25) is 0 Å². The van der Waals surface area contributed by atoms with E-state index in [-0.39, 0.29) is 0 Å². The maximum absolute atomic E-state index is 11.7. The largest absolute Gasteiger partial charge is 0.481 e. The first-order valence-electron chi connectivity index (χ1n) is 6.46. The number of rotatable bonds is 3. The van der Waals surface area contributed by atoms with Crippen LogP contribution in [0.1, 0.15) is 24.8 Å². The van der Waals surface area contributed by atoms with Gasteiger partial charge in [-0.25, -0.2) is 4.98 Å². The van der Waals surface area contributed by atoms with E-state index in [0.717, 1.165) is 23.4 Å². The Kier molecular flexibility index (Phi) is 2.66. The molecule has 1 aliphatic carbocycles. The van der Waals surface area contributed by atoms with Crippen molar-refractivity contribution in [2.24, 2.45) is 7.05 Å². The average molecular weight is 256 g/mol. The van der Waals surface area contributed by atoms with E-state index in [1.807, 2.05) is 42.1 Å². The standard InChI is InChI=1S/C15H16N2O2/c1-17-10-9-16-13(17)11-5-2-3-6-12(11)15(14(18)19)7-4-8-15/h2-3,5-6,9-10H,4,7-8H2,1H3,(H,18,19). The maximum Gasteiger partial charge on any atom is 0.314 e. The lowest BCUT2D eigenvalue weighted by molar-refractivity contribution is -0.147. The maximum atomic E-state index is 11.7. The van der Waals surface area contributed by atoms with Gasteiger partial charge in [0, 0.05) is 25.0 Å². The van der Waals surface area contributed by atoms with Crippen molar-refractivity contribution in [2.45, 2.75) is 24.7 Å². The molecule has 0 atom stereocenters. The number of carbonyl (C=O) groups is 1. The molecule has 0 radical (unpaired) electrons. The van der Waals surface area contributed by atoms with Crippen LogP contribution in [-0.2, 0) is 17.3 Å². The van der Waals surface area contributed by atoms with Crippen LogP contribution in [0.15, 0.2) is 36.7 Å². The van der Waals surface area contributed by atoms with Gasteiger partial charge in [0.25, 0.3) is 0 Å². The van der Waals surface area contributed by atoms with Crippen molar-refractivity contribution in [3.8, 4) is 11.4 Å². The normalized spacial score (nSPS) is 16.9. The van der Waals surface area contributed by atoms with E-state index in [1.54, 1.807) is 6.20 Å². The molecular weight excluding hydrogens is 240 g/mol. The van der Waals surface area contributed by atoms with Gasteiger partial charge in [-0.05, 0) is 18.4 Å². The van der Waals surface area contributed by atoms with E-state index in [2.05, 4.69) is 4.98 Å². The molecule has 1 heterocycles. The molecule has 3 rings (SSSR count). The number of hydrogen-bond donors (Lipinski definition) is 1. The highest BCUT2D eigenvalue weighted by Gasteiger charge is 2.47. The number of carboxylic acids is 1. The zero-order chi connectivity index (χ0) is 13.5. The van der Waals surface area contributed by atoms with Crippen LogP contribution in [0.2, 0.25) is 0 Å². The third-order valence-electron chi connectivity index (χ3n) is 4.12. The molecule has 2 aromatic rings. The number of imidazole rings is 1. The van der Waals surface area contributed by atoms with Gasteiger partial charge >= 0.3 is 5.97 Å². The fraction of sp³-hybridized carbons (Fsp3) is 0.333. The quantitative estimate of drug-likeness (QED) is 0.918. The molecule has 1 saturated carbocycles. The van der Waals surface area contributed by atoms with Gasteiger partial charge in [-0.1, -0.05) is 30.7 Å². The van der Waals surface area contributed by atoms with Gasteiger partial charge < -0.3 is 9.67 Å². The van der Waals surface area contributed by atoms with E-state index in [1.165, 1.54) is 0 Å². The number of carboxylic acid groups (broad SMARTS) is 1. The zero-order valence-electron chi connectivity index (χ0n) is 10.8. The molecule has 0 bridgehead atoms. The van der Waals surface area contributed by atoms with Crippen LogP contribution in [0.3, 0.4) is 0 Å². The lowest BCUT2D eigenvalue weighted by Crippen LogP contribution is -2.42. The Hall–Kier alpha value is -2.10. The van der Waals surface area contributed by atoms with Crippen LogP contribution in [0.25, 0.3) is 11.4 Å². The van der Waals surface area contributed by atoms with E-state index in [9.17, 15) is 9.90 Å². The van der Waals surface area contributed by atoms with Gasteiger partial charge in [0.1, 0.15) is 5.82 Å². The second-order valence-electron chi connectivity index (χ2n) is 5.15. The van der Waals surface area contributed by atoms with Crippen LogP contribution < -0.4 is 0 Å². The SMILES string of the molecule is Cn1ccnc1-c1ccccc1C1(C(=O)O)CCC1. The van der Waals surface area contributed by atoms with Gasteiger partial charge in [0.15, 0.2) is 0 Å². The van der Waals surface area contributed by atoms with Crippen molar-refractivity contribution >= 4 is 5.97 Å². The van der Waals surface area contributed by atoms with Crippen LogP contribution in [0, 0.1) is 0 Å². The molecule has 4 heteroatoms. The van der Waals surface area contributed by atoms with Gasteiger partial charge in [-0.2, -0.15) is 0 Å². The van der Waals surface area contributed by atoms with Crippen molar-refractivity contribution < 1.29 is 9.90 Å². The van der Waals surface area contributed by atoms with Crippen molar-refractivity contribution in [1.82, 2.24) is 9.55 Å². The second kappa shape index (κ2) is 4.23. The lowest BCUT2D eigenvalue weighted by atomic mass is 9.63. The molecule has 98 valence electrons. The molecule has 0 aliphatic heterocycles. The highest BCUT2D eigenvalue weighted by Crippen LogP contribution is 2.47. The van der Waals surface area contributed by atoms with Crippen LogP contribution >= 0.6 is 0 Å². The summed E-state index contributed by atoms with van der Waals surface area (Å²) in [7, 11) is 1.92. The summed E-state index contributed by atoms with van der Waals surface area (Å²) >= 11 is 0. The first-order valence-corrected chi connectivity index (χ1v) is 6.46. The van der Waals surface area contributed by atoms with Crippen molar-refractivity contribution in [3.63, 3.8) is 0 Å². The van der Waals surface area contributed by atoms with Crippen LogP contribution in [0.5, 0.6) is 0 Å². The summed E-state index contributed by atoms with van der Waals surface area (Å²) in [5.41, 5.74) is 1.10. The topological polar surface area (TPSA) is 55.1 Å². The van der Waals surface area contributed by atoms with Gasteiger partial charge in [-0.15, -0.1) is 0 Å². The Morgan fingerprint density at radius 2 is 2.11 bits per heavy atom. The Morgan fingerprint density at radius 1 is 1.37 bits per heavy atom. The number of aryl methyl sites for hydroxylation is 1. The molecule has 1 N–H and O–H groups in total. The molecule has 0 saturated heterocycles. The van der Waals surface area contributed by atoms with E-state index < -0.39 is 11.4 Å². The third kappa shape index (κ3) is 1.67. The summed E-state index contributed by atoms with van der Waals surface area (Å²) in [4.78, 5) is 16.0. The zero-order valence-corrected chi connectivity index (χ0v) is 10.8. The number of hydrogen-bond acceptors (Lipinski definition) is 2. The summed E-state index contributed by atoms with van der Waals surface area (Å²) in [6.45, 7) is 0. The van der Waals surface area contributed by atoms with Crippen LogP contribution in [0.4, 0.5) is 0 Å². The minimum Gasteiger partial charge on any atom is -0.481 e. The molecule has 1 aliphatic rings. The van der Waals surface area contributed by atoms with Crippen molar-refractivity contribution in [2.75, 3.05) is 0 Å². The monoisotopic (exact) mass is 256 g/mol. The highest BCUT2D eigenvalue weighted by atomic mass is 16.4. The summed E-state index contributed by atoms with van der Waals surface area (Å²) in [6.07, 6.45) is 6.01. The van der Waals surface area contributed by atoms with E-state index >= 15 is 0 Å². The summed E-state index contributed by atoms with van der Waals surface area (Å²) in [5, 5.41) is 9.60. The number of benzene rings is 1. The van der Waals surface area contributed by atoms with E-state index in [4.69, 9.17) is 0 Å². The van der Waals surface area contributed by atoms with Gasteiger partial charge in [0.05, 0.1) is 5.41 Å². The smallest absolute Gasteiger partial charge is 0.314 e. The summed E-state index contributed by atoms with van der Waals surface area (Å²) in [5.74, 6) is 0.100. The Labute approximate surface area is 111 Å². The van der Waals surface area contributed by atoms with Gasteiger partial charge in [-0.3, -0.25) is 4.79 Å². The third-order valence-corrected chi connectivity index (χ3v) is 4.12. The fourth-order valence-electron chi connectivity index (χ4n) is 2.85. The Balaban J connectivity index is 2.18. The Morgan fingerprint density at radius 3 is 2.63 bits per heavy atom. The molecule has 0 amide bonds. The highest BCUT2D eigenvalue weighted by molar-refractivity contribution is 5.85. The minimum absolute atomic E-state index is 0.712. The number of aliphatic carboxylic acids is 1. The molecule has 0 unspecified atom stereocenters. The molecule has 1 aromatic heterocycles. The first kappa shape index (κ1) is 12.0. The molecule has 1 fully saturated rings. The number of aromatic nitrogens is 2. The van der Waals surface area contributed by atoms with Crippen molar-refractivity contribution in [1.29, 1.82) is 0 Å². The fourth-order valence-corrected chi connectivity index (χ4v) is 2.85. The Bertz CT molecular complexity index is 627. The minimum atomic E-state index is -0.722. The summed E-state index contributed by atoms with van der Waals surface area (Å²) < 4.78 is 1.92. The lowest BCUT2D eigenvalue weighted by Gasteiger charge is -2.39. The van der Waals surface area contributed by atoms with Crippen LogP contribution in [-0.4, -0.2) is 20.6 Å². The number of nitrogens with zero attached hydrogens (tertiary/aromatic N) is 2. The second-order valence-corrected chi connectivity index (χ2v) is 5.15. The molecule has 19 heavy (non-hydrogen) atoms. The molecule has 4 nitrogen and oxygen atoms in total. The predicted octanol–water partition coefficient (Wildman–Crippen LogP) is 2.59. The molecule has 1 aromatic carbocycles. The van der Waals surface area contributed by atoms with E-state index in [0.29, 0.717) is 12.8 Å². The summed E-state index contributed by atoms with van der Waals surface area (Å²) in [6, 6.07) is 7.73. The molecule has 0 spiro atoms. The first-order chi connectivity index (χ1) is 9.15. The average Bonchev–Trinajstić information content (AvgIpc) is 2.74.